The number of rotatable bonds is 6. The van der Waals surface area contributed by atoms with Crippen LogP contribution in [0.1, 0.15) is 6.23 Å². The second-order valence-corrected chi connectivity index (χ2v) is 9.42. The third-order valence-corrected chi connectivity index (χ3v) is 6.80. The molecule has 148 valence electrons. The van der Waals surface area contributed by atoms with Gasteiger partial charge in [0.15, 0.2) is 12.1 Å². The highest BCUT2D eigenvalue weighted by molar-refractivity contribution is 7.70. The highest BCUT2D eigenvalue weighted by atomic mass is 31.2. The number of nitrogens with one attached hydrogen (secondary N) is 1. The van der Waals surface area contributed by atoms with Crippen molar-refractivity contribution in [1.82, 2.24) is 9.55 Å². The lowest BCUT2D eigenvalue weighted by molar-refractivity contribution is -0.0528. The van der Waals surface area contributed by atoms with Gasteiger partial charge in [0, 0.05) is 0 Å². The van der Waals surface area contributed by atoms with Crippen molar-refractivity contribution in [3.63, 3.8) is 0 Å². The van der Waals surface area contributed by atoms with Crippen LogP contribution in [0.3, 0.4) is 0 Å². The van der Waals surface area contributed by atoms with Gasteiger partial charge in [-0.3, -0.25) is 23.5 Å². The van der Waals surface area contributed by atoms with Crippen LogP contribution < -0.4 is 11.2 Å². The molecule has 0 spiro atoms. The Balaban J connectivity index is 2.14. The standard InChI is InChI=1S/C10H15FN2O11P2/c11-4-1-13(10(17)12-8(4)16)9-7(15)6(14)5(24-9)2-23-26(21,22)3-25(18,19)20/h1,5-7,9,14-15H,2-3H2,(H,21,22)(H,12,16,17)(H2,18,19,20)/t5-,6+,7?,9-/m1/s1. The summed E-state index contributed by atoms with van der Waals surface area (Å²) in [6, 6.07) is 0. The first-order valence-corrected chi connectivity index (χ1v) is 10.4. The van der Waals surface area contributed by atoms with Crippen LogP contribution in [0.5, 0.6) is 0 Å². The van der Waals surface area contributed by atoms with E-state index in [1.165, 1.54) is 0 Å². The Morgan fingerprint density at radius 3 is 2.42 bits per heavy atom. The number of ether oxygens (including phenoxy) is 1. The highest BCUT2D eigenvalue weighted by Gasteiger charge is 2.45. The minimum absolute atomic E-state index is 0.440. The molecule has 1 aromatic heterocycles. The van der Waals surface area contributed by atoms with Crippen molar-refractivity contribution >= 4 is 15.2 Å². The number of hydrogen-bond acceptors (Lipinski definition) is 8. The molecule has 1 aliphatic rings. The molecule has 0 amide bonds. The molecule has 0 saturated carbocycles. The van der Waals surface area contributed by atoms with Gasteiger partial charge in [0.25, 0.3) is 5.56 Å². The van der Waals surface area contributed by atoms with Crippen molar-refractivity contribution in [3.05, 3.63) is 32.9 Å². The average molecular weight is 420 g/mol. The van der Waals surface area contributed by atoms with E-state index < -0.39 is 69.3 Å². The Morgan fingerprint density at radius 2 is 1.85 bits per heavy atom. The van der Waals surface area contributed by atoms with Crippen LogP contribution in [0.15, 0.2) is 15.8 Å². The van der Waals surface area contributed by atoms with Crippen molar-refractivity contribution in [3.8, 4) is 0 Å². The summed E-state index contributed by atoms with van der Waals surface area (Å²) in [5.41, 5.74) is -2.46. The number of H-pyrrole nitrogens is 1. The summed E-state index contributed by atoms with van der Waals surface area (Å²) in [5, 5.41) is 19.8. The first-order chi connectivity index (χ1) is 11.8. The zero-order valence-electron chi connectivity index (χ0n) is 12.7. The molecule has 1 saturated heterocycles. The lowest BCUT2D eigenvalue weighted by atomic mass is 10.1. The van der Waals surface area contributed by atoms with Crippen LogP contribution in [-0.4, -0.2) is 65.3 Å². The van der Waals surface area contributed by atoms with E-state index in [0.29, 0.717) is 10.8 Å². The molecule has 2 heterocycles. The van der Waals surface area contributed by atoms with Crippen LogP contribution in [0, 0.1) is 5.82 Å². The minimum Gasteiger partial charge on any atom is -0.387 e. The Hall–Kier alpha value is -1.21. The highest BCUT2D eigenvalue weighted by Crippen LogP contribution is 2.55. The molecule has 6 N–H and O–H groups in total. The SMILES string of the molecule is O=c1[nH]c(=O)n([C@@H]2O[C@H](COP(=O)(O)CP(=O)(O)O)[C@H](O)C2O)cc1F. The summed E-state index contributed by atoms with van der Waals surface area (Å²) in [6.45, 7) is -0.872. The maximum atomic E-state index is 13.3. The molecule has 5 atom stereocenters. The normalized spacial score (nSPS) is 28.8. The van der Waals surface area contributed by atoms with Gasteiger partial charge in [0.1, 0.15) is 18.3 Å². The summed E-state index contributed by atoms with van der Waals surface area (Å²) in [6.07, 6.45) is -6.26. The maximum absolute atomic E-state index is 13.3. The van der Waals surface area contributed by atoms with Crippen molar-refractivity contribution in [2.45, 2.75) is 24.5 Å². The molecule has 1 fully saturated rings. The van der Waals surface area contributed by atoms with Crippen LogP contribution in [0.25, 0.3) is 0 Å². The molecule has 1 aliphatic heterocycles. The second-order valence-electron chi connectivity index (χ2n) is 5.43. The Kier molecular flexibility index (Phi) is 6.03. The molecular formula is C10H15FN2O11P2. The van der Waals surface area contributed by atoms with Gasteiger partial charge in [0.2, 0.25) is 5.82 Å². The molecule has 26 heavy (non-hydrogen) atoms. The molecule has 13 nitrogen and oxygen atoms in total. The van der Waals surface area contributed by atoms with Gasteiger partial charge in [-0.15, -0.1) is 0 Å². The molecule has 16 heteroatoms. The van der Waals surface area contributed by atoms with Crippen molar-refractivity contribution < 1.29 is 47.7 Å². The lowest BCUT2D eigenvalue weighted by Gasteiger charge is -2.18. The minimum atomic E-state index is -4.86. The predicted molar refractivity (Wildman–Crippen MR) is 79.9 cm³/mol. The largest absolute Gasteiger partial charge is 0.387 e. The van der Waals surface area contributed by atoms with Gasteiger partial charge >= 0.3 is 20.9 Å². The monoisotopic (exact) mass is 420 g/mol. The molecule has 1 aromatic rings. The van der Waals surface area contributed by atoms with E-state index in [9.17, 15) is 38.2 Å². The number of aliphatic hydroxyl groups is 2. The van der Waals surface area contributed by atoms with E-state index in [-0.39, 0.29) is 0 Å². The van der Waals surface area contributed by atoms with Gasteiger partial charge in [-0.25, -0.2) is 4.79 Å². The number of halogens is 1. The molecular weight excluding hydrogens is 405 g/mol. The molecule has 0 aromatic carbocycles. The molecule has 2 rings (SSSR count). The van der Waals surface area contributed by atoms with Crippen LogP contribution in [-0.2, 0) is 18.4 Å². The molecule has 2 unspecified atom stereocenters. The van der Waals surface area contributed by atoms with Crippen LogP contribution in [0.2, 0.25) is 0 Å². The summed E-state index contributed by atoms with van der Waals surface area (Å²) in [4.78, 5) is 51.0. The van der Waals surface area contributed by atoms with E-state index in [4.69, 9.17) is 14.5 Å². The first-order valence-electron chi connectivity index (χ1n) is 6.84. The zero-order valence-corrected chi connectivity index (χ0v) is 14.5. The van der Waals surface area contributed by atoms with Gasteiger partial charge in [-0.2, -0.15) is 4.39 Å². The average Bonchev–Trinajstić information content (AvgIpc) is 2.75. The Labute approximate surface area is 143 Å². The first kappa shape index (κ1) is 21.1. The Bertz CT molecular complexity index is 878. The van der Waals surface area contributed by atoms with Crippen molar-refractivity contribution in [2.24, 2.45) is 0 Å². The number of hydrogen-bond donors (Lipinski definition) is 6. The third kappa shape index (κ3) is 4.94. The van der Waals surface area contributed by atoms with Crippen molar-refractivity contribution in [2.75, 3.05) is 12.5 Å². The predicted octanol–water partition coefficient (Wildman–Crippen LogP) is -2.37. The number of aliphatic hydroxyl groups excluding tert-OH is 2. The van der Waals surface area contributed by atoms with E-state index in [1.807, 2.05) is 0 Å². The summed E-state index contributed by atoms with van der Waals surface area (Å²) in [7, 11) is -9.60. The van der Waals surface area contributed by atoms with E-state index in [0.717, 1.165) is 0 Å². The van der Waals surface area contributed by atoms with Crippen molar-refractivity contribution in [1.29, 1.82) is 0 Å². The number of aromatic amines is 1. The molecule has 0 radical (unpaired) electrons. The van der Waals surface area contributed by atoms with Gasteiger partial charge in [-0.05, 0) is 0 Å². The summed E-state index contributed by atoms with van der Waals surface area (Å²) >= 11 is 0. The smallest absolute Gasteiger partial charge is 0.340 e. The molecule has 0 bridgehead atoms. The van der Waals surface area contributed by atoms with Crippen LogP contribution >= 0.6 is 15.2 Å². The topological polar surface area (TPSA) is 209 Å². The molecule has 0 aliphatic carbocycles. The fourth-order valence-corrected chi connectivity index (χ4v) is 4.78. The van der Waals surface area contributed by atoms with E-state index in [2.05, 4.69) is 4.52 Å². The van der Waals surface area contributed by atoms with E-state index >= 15 is 0 Å². The van der Waals surface area contributed by atoms with E-state index in [1.54, 1.807) is 4.98 Å². The quantitative estimate of drug-likeness (QED) is 0.268. The second kappa shape index (κ2) is 7.43. The van der Waals surface area contributed by atoms with Gasteiger partial charge in [0.05, 0.1) is 12.8 Å². The maximum Gasteiger partial charge on any atom is 0.340 e. The summed E-state index contributed by atoms with van der Waals surface area (Å²) < 4.78 is 45.7. The number of aromatic nitrogens is 2. The third-order valence-electron chi connectivity index (χ3n) is 3.34. The lowest BCUT2D eigenvalue weighted by Crippen LogP contribution is -2.38. The fourth-order valence-electron chi connectivity index (χ4n) is 2.21. The summed E-state index contributed by atoms with van der Waals surface area (Å²) in [5.74, 6) is -2.84. The fraction of sp³-hybridized carbons (Fsp3) is 0.600. The van der Waals surface area contributed by atoms with Gasteiger partial charge in [-0.1, -0.05) is 0 Å². The van der Waals surface area contributed by atoms with Crippen LogP contribution in [0.4, 0.5) is 4.39 Å². The van der Waals surface area contributed by atoms with Gasteiger partial charge < -0.3 is 34.2 Å². The zero-order chi connectivity index (χ0) is 19.9. The number of nitrogens with zero attached hydrogens (tertiary/aromatic N) is 1. The Morgan fingerprint density at radius 1 is 1.23 bits per heavy atom.